The first-order chi connectivity index (χ1) is 8.70. The molecule has 1 aromatic rings. The van der Waals surface area contributed by atoms with Gasteiger partial charge in [0.05, 0.1) is 18.8 Å². The number of hydrogen-bond donors (Lipinski definition) is 1. The van der Waals surface area contributed by atoms with E-state index >= 15 is 0 Å². The molecule has 0 heterocycles. The van der Waals surface area contributed by atoms with E-state index in [1.807, 2.05) is 12.1 Å². The molecule has 0 spiro atoms. The molecule has 2 rings (SSSR count). The molecule has 3 unspecified atom stereocenters. The van der Waals surface area contributed by atoms with E-state index in [4.69, 9.17) is 15.2 Å². The van der Waals surface area contributed by atoms with Gasteiger partial charge >= 0.3 is 0 Å². The Morgan fingerprint density at radius 3 is 2.89 bits per heavy atom. The van der Waals surface area contributed by atoms with Crippen LogP contribution in [0.4, 0.5) is 0 Å². The number of benzene rings is 1. The molecule has 1 aliphatic rings. The summed E-state index contributed by atoms with van der Waals surface area (Å²) in [4.78, 5) is 0. The Balaban J connectivity index is 1.80. The molecular formula is C14H20BrNO2. The summed E-state index contributed by atoms with van der Waals surface area (Å²) in [5.74, 6) is 0. The molecule has 1 saturated carbocycles. The fourth-order valence-corrected chi connectivity index (χ4v) is 2.54. The fraction of sp³-hybridized carbons (Fsp3) is 0.571. The molecule has 0 bridgehead atoms. The average molecular weight is 314 g/mol. The van der Waals surface area contributed by atoms with Crippen LogP contribution in [-0.2, 0) is 16.1 Å². The molecule has 0 aliphatic heterocycles. The minimum atomic E-state index is 0.0668. The lowest BCUT2D eigenvalue weighted by molar-refractivity contribution is -0.144. The van der Waals surface area contributed by atoms with Crippen molar-refractivity contribution in [2.75, 3.05) is 6.61 Å². The summed E-state index contributed by atoms with van der Waals surface area (Å²) in [6.07, 6.45) is 2.12. The zero-order valence-corrected chi connectivity index (χ0v) is 12.2. The van der Waals surface area contributed by atoms with Crippen LogP contribution in [0.1, 0.15) is 25.3 Å². The lowest BCUT2D eigenvalue weighted by Crippen LogP contribution is -2.58. The van der Waals surface area contributed by atoms with Gasteiger partial charge in [-0.3, -0.25) is 0 Å². The molecule has 0 aromatic heterocycles. The zero-order valence-electron chi connectivity index (χ0n) is 10.6. The van der Waals surface area contributed by atoms with Crippen LogP contribution in [-0.4, -0.2) is 24.9 Å². The zero-order chi connectivity index (χ0) is 13.0. The Kier molecular flexibility index (Phi) is 5.18. The molecule has 1 fully saturated rings. The van der Waals surface area contributed by atoms with Crippen LogP contribution in [0.25, 0.3) is 0 Å². The third-order valence-electron chi connectivity index (χ3n) is 3.16. The van der Waals surface area contributed by atoms with E-state index in [9.17, 15) is 0 Å². The van der Waals surface area contributed by atoms with Gasteiger partial charge in [-0.1, -0.05) is 35.0 Å². The van der Waals surface area contributed by atoms with Gasteiger partial charge in [-0.25, -0.2) is 0 Å². The van der Waals surface area contributed by atoms with Gasteiger partial charge in [0.2, 0.25) is 0 Å². The fourth-order valence-electron chi connectivity index (χ4n) is 2.09. The highest BCUT2D eigenvalue weighted by Crippen LogP contribution is 2.27. The normalized spacial score (nSPS) is 26.9. The van der Waals surface area contributed by atoms with Crippen LogP contribution < -0.4 is 5.73 Å². The van der Waals surface area contributed by atoms with E-state index in [0.29, 0.717) is 6.61 Å². The second kappa shape index (κ2) is 6.66. The molecule has 4 heteroatoms. The Morgan fingerprint density at radius 1 is 1.39 bits per heavy atom. The van der Waals surface area contributed by atoms with E-state index in [-0.39, 0.29) is 18.2 Å². The van der Waals surface area contributed by atoms with Crippen molar-refractivity contribution in [1.82, 2.24) is 0 Å². The Labute approximate surface area is 117 Å². The van der Waals surface area contributed by atoms with Gasteiger partial charge in [0.25, 0.3) is 0 Å². The number of ether oxygens (including phenoxy) is 2. The third-order valence-corrected chi connectivity index (χ3v) is 3.65. The number of hydrogen-bond acceptors (Lipinski definition) is 3. The maximum Gasteiger partial charge on any atom is 0.0988 e. The molecule has 0 amide bonds. The van der Waals surface area contributed by atoms with E-state index in [2.05, 4.69) is 35.0 Å². The van der Waals surface area contributed by atoms with Crippen molar-refractivity contribution in [3.63, 3.8) is 0 Å². The molecule has 1 aromatic carbocycles. The summed E-state index contributed by atoms with van der Waals surface area (Å²) in [5, 5.41) is 0. The van der Waals surface area contributed by atoms with Gasteiger partial charge in [-0.2, -0.15) is 0 Å². The van der Waals surface area contributed by atoms with Gasteiger partial charge < -0.3 is 15.2 Å². The second-order valence-corrected chi connectivity index (χ2v) is 5.63. The second-order valence-electron chi connectivity index (χ2n) is 4.71. The largest absolute Gasteiger partial charge is 0.374 e. The summed E-state index contributed by atoms with van der Waals surface area (Å²) >= 11 is 3.46. The maximum atomic E-state index is 5.93. The van der Waals surface area contributed by atoms with Gasteiger partial charge in [0.1, 0.15) is 0 Å². The van der Waals surface area contributed by atoms with Gasteiger partial charge in [-0.05, 0) is 30.5 Å². The van der Waals surface area contributed by atoms with E-state index in [1.165, 1.54) is 5.56 Å². The van der Waals surface area contributed by atoms with Crippen LogP contribution in [0, 0.1) is 0 Å². The SMILES string of the molecule is CCCOC1C(N)CC1OCc1cccc(Br)c1. The molecule has 0 saturated heterocycles. The smallest absolute Gasteiger partial charge is 0.0988 e. The van der Waals surface area contributed by atoms with E-state index < -0.39 is 0 Å². The standard InChI is InChI=1S/C14H20BrNO2/c1-2-6-17-14-12(16)8-13(14)18-9-10-4-3-5-11(15)7-10/h3-5,7,12-14H,2,6,8-9,16H2,1H3. The number of rotatable bonds is 6. The van der Waals surface area contributed by atoms with Crippen molar-refractivity contribution >= 4 is 15.9 Å². The Bertz CT molecular complexity index is 386. The molecular weight excluding hydrogens is 294 g/mol. The van der Waals surface area contributed by atoms with Crippen LogP contribution >= 0.6 is 15.9 Å². The highest BCUT2D eigenvalue weighted by atomic mass is 79.9. The molecule has 0 radical (unpaired) electrons. The van der Waals surface area contributed by atoms with Gasteiger partial charge in [0.15, 0.2) is 0 Å². The van der Waals surface area contributed by atoms with E-state index in [0.717, 1.165) is 23.9 Å². The molecule has 100 valence electrons. The molecule has 2 N–H and O–H groups in total. The lowest BCUT2D eigenvalue weighted by Gasteiger charge is -2.41. The number of halogens is 1. The first-order valence-electron chi connectivity index (χ1n) is 6.44. The third kappa shape index (κ3) is 3.54. The van der Waals surface area contributed by atoms with E-state index in [1.54, 1.807) is 0 Å². The summed E-state index contributed by atoms with van der Waals surface area (Å²) in [6.45, 7) is 3.47. The lowest BCUT2D eigenvalue weighted by atomic mass is 9.86. The maximum absolute atomic E-state index is 5.93. The monoisotopic (exact) mass is 313 g/mol. The summed E-state index contributed by atoms with van der Waals surface area (Å²) in [7, 11) is 0. The van der Waals surface area contributed by atoms with Crippen molar-refractivity contribution in [3.05, 3.63) is 34.3 Å². The molecule has 18 heavy (non-hydrogen) atoms. The topological polar surface area (TPSA) is 44.5 Å². The first-order valence-corrected chi connectivity index (χ1v) is 7.23. The number of nitrogens with two attached hydrogens (primary N) is 1. The van der Waals surface area contributed by atoms with Crippen molar-refractivity contribution < 1.29 is 9.47 Å². The highest BCUT2D eigenvalue weighted by Gasteiger charge is 2.40. The van der Waals surface area contributed by atoms with Crippen molar-refractivity contribution in [2.45, 2.75) is 44.6 Å². The first kappa shape index (κ1) is 14.0. The predicted molar refractivity (Wildman–Crippen MR) is 75.3 cm³/mol. The van der Waals surface area contributed by atoms with Crippen LogP contribution in [0.15, 0.2) is 28.7 Å². The van der Waals surface area contributed by atoms with Crippen LogP contribution in [0.2, 0.25) is 0 Å². The minimum absolute atomic E-state index is 0.0668. The quantitative estimate of drug-likeness (QED) is 0.878. The van der Waals surface area contributed by atoms with Crippen molar-refractivity contribution in [2.24, 2.45) is 5.73 Å². The van der Waals surface area contributed by atoms with Gasteiger partial charge in [-0.15, -0.1) is 0 Å². The molecule has 1 aliphatic carbocycles. The van der Waals surface area contributed by atoms with Crippen LogP contribution in [0.5, 0.6) is 0 Å². The van der Waals surface area contributed by atoms with Crippen molar-refractivity contribution in [1.29, 1.82) is 0 Å². The average Bonchev–Trinajstić information content (AvgIpc) is 2.34. The Morgan fingerprint density at radius 2 is 2.22 bits per heavy atom. The molecule has 3 atom stereocenters. The highest BCUT2D eigenvalue weighted by molar-refractivity contribution is 9.10. The van der Waals surface area contributed by atoms with Crippen LogP contribution in [0.3, 0.4) is 0 Å². The predicted octanol–water partition coefficient (Wildman–Crippen LogP) is 2.86. The minimum Gasteiger partial charge on any atom is -0.374 e. The van der Waals surface area contributed by atoms with Gasteiger partial charge in [0, 0.05) is 17.1 Å². The summed E-state index contributed by atoms with van der Waals surface area (Å²) in [5.41, 5.74) is 7.10. The Hall–Kier alpha value is -0.420. The summed E-state index contributed by atoms with van der Waals surface area (Å²) in [6, 6.07) is 8.28. The van der Waals surface area contributed by atoms with Crippen molar-refractivity contribution in [3.8, 4) is 0 Å². The molecule has 3 nitrogen and oxygen atoms in total. The summed E-state index contributed by atoms with van der Waals surface area (Å²) < 4.78 is 12.7.